The summed E-state index contributed by atoms with van der Waals surface area (Å²) in [7, 11) is -3.55. The van der Waals surface area contributed by atoms with Crippen LogP contribution in [-0.2, 0) is 15.4 Å². The van der Waals surface area contributed by atoms with E-state index in [2.05, 4.69) is 30.5 Å². The number of nitrogens with zero attached hydrogens (tertiary/aromatic N) is 1. The molecule has 2 rings (SSSR count). The molecular weight excluding hydrogens is 292 g/mol. The van der Waals surface area contributed by atoms with Gasteiger partial charge >= 0.3 is 0 Å². The Morgan fingerprint density at radius 3 is 2.20 bits per heavy atom. The maximum absolute atomic E-state index is 12.3. The van der Waals surface area contributed by atoms with E-state index in [1.165, 1.54) is 11.3 Å². The third kappa shape index (κ3) is 3.19. The summed E-state index contributed by atoms with van der Waals surface area (Å²) in [6, 6.07) is 6.99. The average molecular weight is 310 g/mol. The van der Waals surface area contributed by atoms with Crippen molar-refractivity contribution in [2.45, 2.75) is 38.0 Å². The number of rotatable bonds is 3. The molecule has 0 saturated heterocycles. The van der Waals surface area contributed by atoms with Gasteiger partial charge in [0.05, 0.1) is 16.1 Å². The fourth-order valence-electron chi connectivity index (χ4n) is 1.71. The van der Waals surface area contributed by atoms with Crippen LogP contribution in [-0.4, -0.2) is 13.4 Å². The fraction of sp³-hybridized carbons (Fsp3) is 0.357. The van der Waals surface area contributed by atoms with E-state index in [1.54, 1.807) is 24.6 Å². The Labute approximate surface area is 123 Å². The molecule has 0 aliphatic carbocycles. The third-order valence-corrected chi connectivity index (χ3v) is 5.34. The minimum absolute atomic E-state index is 0.00395. The summed E-state index contributed by atoms with van der Waals surface area (Å²) in [6.45, 7) is 8.05. The molecule has 4 nitrogen and oxygen atoms in total. The number of sulfonamides is 1. The Morgan fingerprint density at radius 1 is 1.15 bits per heavy atom. The zero-order valence-electron chi connectivity index (χ0n) is 12.0. The fourth-order valence-corrected chi connectivity index (χ4v) is 3.78. The van der Waals surface area contributed by atoms with Gasteiger partial charge in [-0.1, -0.05) is 32.9 Å². The Hall–Kier alpha value is -1.40. The van der Waals surface area contributed by atoms with Gasteiger partial charge in [-0.15, -0.1) is 11.3 Å². The van der Waals surface area contributed by atoms with E-state index in [0.717, 1.165) is 5.56 Å². The Bertz CT molecular complexity index is 696. The molecule has 20 heavy (non-hydrogen) atoms. The standard InChI is InChI=1S/C14H18N2O2S2/c1-10-13(19-9-15-10)16-20(17,18)12-7-5-11(6-8-12)14(2,3)4/h5-9,16H,1-4H3. The van der Waals surface area contributed by atoms with E-state index >= 15 is 0 Å². The predicted octanol–water partition coefficient (Wildman–Crippen LogP) is 3.55. The van der Waals surface area contributed by atoms with Crippen LogP contribution < -0.4 is 4.72 Å². The molecule has 6 heteroatoms. The second-order valence-corrected chi connectivity index (χ2v) is 8.18. The first-order valence-corrected chi connectivity index (χ1v) is 8.60. The highest BCUT2D eigenvalue weighted by molar-refractivity contribution is 7.93. The van der Waals surface area contributed by atoms with Crippen molar-refractivity contribution in [2.75, 3.05) is 4.72 Å². The number of hydrogen-bond acceptors (Lipinski definition) is 4. The van der Waals surface area contributed by atoms with Crippen molar-refractivity contribution in [3.63, 3.8) is 0 Å². The minimum Gasteiger partial charge on any atom is -0.269 e. The summed E-state index contributed by atoms with van der Waals surface area (Å²) in [5.41, 5.74) is 3.41. The monoisotopic (exact) mass is 310 g/mol. The second kappa shape index (κ2) is 5.18. The lowest BCUT2D eigenvalue weighted by Gasteiger charge is -2.19. The van der Waals surface area contributed by atoms with Crippen LogP contribution in [0.1, 0.15) is 32.0 Å². The van der Waals surface area contributed by atoms with Crippen LogP contribution in [0.3, 0.4) is 0 Å². The molecule has 2 aromatic rings. The summed E-state index contributed by atoms with van der Waals surface area (Å²) >= 11 is 1.28. The lowest BCUT2D eigenvalue weighted by Crippen LogP contribution is -2.14. The van der Waals surface area contributed by atoms with E-state index in [4.69, 9.17) is 0 Å². The topological polar surface area (TPSA) is 59.1 Å². The van der Waals surface area contributed by atoms with Crippen molar-refractivity contribution < 1.29 is 8.42 Å². The Balaban J connectivity index is 2.29. The Morgan fingerprint density at radius 2 is 1.75 bits per heavy atom. The molecule has 1 heterocycles. The average Bonchev–Trinajstić information content (AvgIpc) is 2.73. The molecule has 1 aromatic heterocycles. The lowest BCUT2D eigenvalue weighted by atomic mass is 9.87. The maximum atomic E-state index is 12.3. The van der Waals surface area contributed by atoms with Crippen molar-refractivity contribution in [3.8, 4) is 0 Å². The zero-order chi connectivity index (χ0) is 15.0. The zero-order valence-corrected chi connectivity index (χ0v) is 13.6. The normalized spacial score (nSPS) is 12.4. The number of benzene rings is 1. The highest BCUT2D eigenvalue weighted by Gasteiger charge is 2.18. The quantitative estimate of drug-likeness (QED) is 0.943. The van der Waals surface area contributed by atoms with Gasteiger partial charge in [-0.05, 0) is 30.0 Å². The molecule has 108 valence electrons. The van der Waals surface area contributed by atoms with E-state index in [0.29, 0.717) is 10.7 Å². The van der Waals surface area contributed by atoms with Gasteiger partial charge in [0.15, 0.2) is 0 Å². The van der Waals surface area contributed by atoms with Crippen LogP contribution in [0.5, 0.6) is 0 Å². The molecule has 1 aromatic carbocycles. The summed E-state index contributed by atoms with van der Waals surface area (Å²) in [5, 5.41) is 0.560. The van der Waals surface area contributed by atoms with Gasteiger partial charge < -0.3 is 0 Å². The molecule has 0 unspecified atom stereocenters. The van der Waals surface area contributed by atoms with Crippen molar-refractivity contribution >= 4 is 26.4 Å². The van der Waals surface area contributed by atoms with Crippen LogP contribution in [0.15, 0.2) is 34.7 Å². The van der Waals surface area contributed by atoms with Gasteiger partial charge in [-0.3, -0.25) is 4.72 Å². The molecule has 0 fully saturated rings. The summed E-state index contributed by atoms with van der Waals surface area (Å²) < 4.78 is 27.1. The van der Waals surface area contributed by atoms with Gasteiger partial charge in [0.1, 0.15) is 5.00 Å². The van der Waals surface area contributed by atoms with Gasteiger partial charge in [0, 0.05) is 0 Å². The lowest BCUT2D eigenvalue weighted by molar-refractivity contribution is 0.587. The van der Waals surface area contributed by atoms with Crippen molar-refractivity contribution in [3.05, 3.63) is 41.0 Å². The van der Waals surface area contributed by atoms with E-state index in [1.807, 2.05) is 12.1 Å². The summed E-state index contributed by atoms with van der Waals surface area (Å²) in [5.74, 6) is 0. The third-order valence-electron chi connectivity index (χ3n) is 3.00. The first kappa shape index (κ1) is 15.0. The van der Waals surface area contributed by atoms with Gasteiger partial charge in [-0.25, -0.2) is 13.4 Å². The SMILES string of the molecule is Cc1ncsc1NS(=O)(=O)c1ccc(C(C)(C)C)cc1. The molecule has 1 N–H and O–H groups in total. The van der Waals surface area contributed by atoms with Crippen LogP contribution in [0, 0.1) is 6.92 Å². The number of hydrogen-bond donors (Lipinski definition) is 1. The molecule has 0 atom stereocenters. The number of anilines is 1. The molecular formula is C14H18N2O2S2. The first-order valence-electron chi connectivity index (χ1n) is 6.23. The molecule has 0 saturated carbocycles. The molecule has 0 aliphatic rings. The molecule has 0 spiro atoms. The molecule has 0 amide bonds. The van der Waals surface area contributed by atoms with Crippen LogP contribution >= 0.6 is 11.3 Å². The number of aromatic nitrogens is 1. The smallest absolute Gasteiger partial charge is 0.262 e. The predicted molar refractivity (Wildman–Crippen MR) is 82.8 cm³/mol. The van der Waals surface area contributed by atoms with Crippen LogP contribution in [0.2, 0.25) is 0 Å². The van der Waals surface area contributed by atoms with Crippen LogP contribution in [0.25, 0.3) is 0 Å². The highest BCUT2D eigenvalue weighted by Crippen LogP contribution is 2.26. The summed E-state index contributed by atoms with van der Waals surface area (Å²) in [6.07, 6.45) is 0. The molecule has 0 radical (unpaired) electrons. The van der Waals surface area contributed by atoms with E-state index in [-0.39, 0.29) is 10.3 Å². The van der Waals surface area contributed by atoms with Gasteiger partial charge in [0.25, 0.3) is 10.0 Å². The van der Waals surface area contributed by atoms with Gasteiger partial charge in [-0.2, -0.15) is 0 Å². The Kier molecular flexibility index (Phi) is 3.88. The first-order chi connectivity index (χ1) is 9.20. The van der Waals surface area contributed by atoms with Crippen molar-refractivity contribution in [2.24, 2.45) is 0 Å². The number of thiazole rings is 1. The van der Waals surface area contributed by atoms with Crippen LogP contribution in [0.4, 0.5) is 5.00 Å². The van der Waals surface area contributed by atoms with Gasteiger partial charge in [0.2, 0.25) is 0 Å². The minimum atomic E-state index is -3.55. The largest absolute Gasteiger partial charge is 0.269 e. The number of aryl methyl sites for hydroxylation is 1. The molecule has 0 bridgehead atoms. The van der Waals surface area contributed by atoms with E-state index in [9.17, 15) is 8.42 Å². The molecule has 0 aliphatic heterocycles. The highest BCUT2D eigenvalue weighted by atomic mass is 32.2. The van der Waals surface area contributed by atoms with Crippen molar-refractivity contribution in [1.29, 1.82) is 0 Å². The summed E-state index contributed by atoms with van der Waals surface area (Å²) in [4.78, 5) is 4.29. The second-order valence-electron chi connectivity index (χ2n) is 5.65. The van der Waals surface area contributed by atoms with Crippen molar-refractivity contribution in [1.82, 2.24) is 4.98 Å². The van der Waals surface area contributed by atoms with E-state index < -0.39 is 10.0 Å². The maximum Gasteiger partial charge on any atom is 0.262 e. The number of nitrogens with one attached hydrogen (secondary N) is 1.